The molecule has 3 nitrogen and oxygen atoms in total. The zero-order chi connectivity index (χ0) is 13.6. The number of hydrogen-bond acceptors (Lipinski definition) is 3. The van der Waals surface area contributed by atoms with Gasteiger partial charge in [0.05, 0.1) is 7.11 Å². The molecule has 0 saturated carbocycles. The van der Waals surface area contributed by atoms with E-state index in [1.165, 1.54) is 19.2 Å². The van der Waals surface area contributed by atoms with Gasteiger partial charge in [-0.1, -0.05) is 31.9 Å². The van der Waals surface area contributed by atoms with Crippen LogP contribution in [0.4, 0.5) is 4.39 Å². The molecule has 18 heavy (non-hydrogen) atoms. The van der Waals surface area contributed by atoms with Crippen molar-refractivity contribution in [3.8, 4) is 0 Å². The predicted octanol–water partition coefficient (Wildman–Crippen LogP) is 2.39. The van der Waals surface area contributed by atoms with Gasteiger partial charge in [0.1, 0.15) is 11.2 Å². The van der Waals surface area contributed by atoms with Crippen LogP contribution in [0.5, 0.6) is 0 Å². The van der Waals surface area contributed by atoms with Crippen LogP contribution >= 0.6 is 0 Å². The second kappa shape index (κ2) is 6.50. The Labute approximate surface area is 107 Å². The quantitative estimate of drug-likeness (QED) is 0.792. The van der Waals surface area contributed by atoms with Crippen molar-refractivity contribution >= 4 is 5.97 Å². The summed E-state index contributed by atoms with van der Waals surface area (Å²) >= 11 is 0. The molecule has 1 rings (SSSR count). The number of ether oxygens (including phenoxy) is 1. The Kier molecular flexibility index (Phi) is 5.28. The molecule has 0 bridgehead atoms. The molecular weight excluding hydrogens is 233 g/mol. The maximum Gasteiger partial charge on any atom is 0.317 e. The third-order valence-corrected chi connectivity index (χ3v) is 3.26. The average molecular weight is 253 g/mol. The van der Waals surface area contributed by atoms with E-state index in [1.54, 1.807) is 12.1 Å². The molecule has 0 saturated heterocycles. The fourth-order valence-corrected chi connectivity index (χ4v) is 2.13. The lowest BCUT2D eigenvalue weighted by Gasteiger charge is -2.30. The second-order valence-electron chi connectivity index (χ2n) is 4.39. The standard InChI is InChI=1S/C14H20FNO2/c1-3-4-8-14(10-16,13(17)18-2)11-6-5-7-12(15)9-11/h5-7,9H,3-4,8,10,16H2,1-2H3. The first-order valence-corrected chi connectivity index (χ1v) is 6.15. The summed E-state index contributed by atoms with van der Waals surface area (Å²) in [6, 6.07) is 6.02. The molecule has 0 aliphatic heterocycles. The predicted molar refractivity (Wildman–Crippen MR) is 68.7 cm³/mol. The van der Waals surface area contributed by atoms with Gasteiger partial charge >= 0.3 is 5.97 Å². The van der Waals surface area contributed by atoms with E-state index < -0.39 is 11.4 Å². The van der Waals surface area contributed by atoms with E-state index in [0.717, 1.165) is 12.8 Å². The summed E-state index contributed by atoms with van der Waals surface area (Å²) in [5.74, 6) is -0.769. The fourth-order valence-electron chi connectivity index (χ4n) is 2.13. The van der Waals surface area contributed by atoms with Crippen LogP contribution in [0, 0.1) is 5.82 Å². The number of carbonyl (C=O) groups is 1. The van der Waals surface area contributed by atoms with Gasteiger partial charge in [0.15, 0.2) is 0 Å². The zero-order valence-corrected chi connectivity index (χ0v) is 10.9. The Morgan fingerprint density at radius 3 is 2.72 bits per heavy atom. The molecule has 100 valence electrons. The van der Waals surface area contributed by atoms with Gasteiger partial charge in [-0.25, -0.2) is 4.39 Å². The van der Waals surface area contributed by atoms with Crippen LogP contribution in [0.2, 0.25) is 0 Å². The number of hydrogen-bond donors (Lipinski definition) is 1. The van der Waals surface area contributed by atoms with Crippen molar-refractivity contribution < 1.29 is 13.9 Å². The van der Waals surface area contributed by atoms with E-state index in [2.05, 4.69) is 0 Å². The highest BCUT2D eigenvalue weighted by atomic mass is 19.1. The van der Waals surface area contributed by atoms with Crippen LogP contribution in [0.15, 0.2) is 24.3 Å². The summed E-state index contributed by atoms with van der Waals surface area (Å²) in [6.45, 7) is 2.15. The molecule has 1 atom stereocenters. The van der Waals surface area contributed by atoms with Crippen molar-refractivity contribution in [1.82, 2.24) is 0 Å². The summed E-state index contributed by atoms with van der Waals surface area (Å²) in [7, 11) is 1.33. The molecule has 0 amide bonds. The number of halogens is 1. The Morgan fingerprint density at radius 2 is 2.22 bits per heavy atom. The van der Waals surface area contributed by atoms with Gasteiger partial charge in [0, 0.05) is 6.54 Å². The molecule has 1 aromatic carbocycles. The topological polar surface area (TPSA) is 52.3 Å². The largest absolute Gasteiger partial charge is 0.468 e. The van der Waals surface area contributed by atoms with Crippen LogP contribution in [-0.2, 0) is 14.9 Å². The smallest absolute Gasteiger partial charge is 0.317 e. The average Bonchev–Trinajstić information content (AvgIpc) is 2.39. The monoisotopic (exact) mass is 253 g/mol. The van der Waals surface area contributed by atoms with Crippen molar-refractivity contribution in [3.63, 3.8) is 0 Å². The van der Waals surface area contributed by atoms with E-state index >= 15 is 0 Å². The molecule has 0 aliphatic rings. The highest BCUT2D eigenvalue weighted by molar-refractivity contribution is 5.83. The first-order chi connectivity index (χ1) is 8.60. The number of methoxy groups -OCH3 is 1. The number of rotatable bonds is 6. The maximum absolute atomic E-state index is 13.3. The van der Waals surface area contributed by atoms with Gasteiger partial charge in [-0.2, -0.15) is 0 Å². The maximum atomic E-state index is 13.3. The normalized spacial score (nSPS) is 14.0. The van der Waals surface area contributed by atoms with Gasteiger partial charge < -0.3 is 10.5 Å². The molecule has 0 radical (unpaired) electrons. The minimum Gasteiger partial charge on any atom is -0.468 e. The first-order valence-electron chi connectivity index (χ1n) is 6.15. The van der Waals surface area contributed by atoms with Crippen LogP contribution in [0.25, 0.3) is 0 Å². The van der Waals surface area contributed by atoms with Crippen LogP contribution in [0.1, 0.15) is 31.7 Å². The Balaban J connectivity index is 3.20. The number of nitrogens with two attached hydrogens (primary N) is 1. The lowest BCUT2D eigenvalue weighted by molar-refractivity contribution is -0.147. The lowest BCUT2D eigenvalue weighted by atomic mass is 9.76. The minimum atomic E-state index is -0.938. The molecule has 0 heterocycles. The molecule has 0 fully saturated rings. The van der Waals surface area contributed by atoms with Gasteiger partial charge in [-0.15, -0.1) is 0 Å². The summed E-state index contributed by atoms with van der Waals surface area (Å²) in [6.07, 6.45) is 2.34. The van der Waals surface area contributed by atoms with Gasteiger partial charge in [0.2, 0.25) is 0 Å². The van der Waals surface area contributed by atoms with Crippen molar-refractivity contribution in [3.05, 3.63) is 35.6 Å². The van der Waals surface area contributed by atoms with Crippen molar-refractivity contribution in [1.29, 1.82) is 0 Å². The van der Waals surface area contributed by atoms with E-state index in [4.69, 9.17) is 10.5 Å². The molecule has 1 aromatic rings. The summed E-state index contributed by atoms with van der Waals surface area (Å²) < 4.78 is 18.2. The van der Waals surface area contributed by atoms with Crippen molar-refractivity contribution in [2.45, 2.75) is 31.6 Å². The molecule has 2 N–H and O–H groups in total. The summed E-state index contributed by atoms with van der Waals surface area (Å²) in [4.78, 5) is 12.1. The molecule has 1 unspecified atom stereocenters. The Bertz CT molecular complexity index is 409. The van der Waals surface area contributed by atoms with Crippen LogP contribution < -0.4 is 5.73 Å². The van der Waals surface area contributed by atoms with Crippen LogP contribution in [-0.4, -0.2) is 19.6 Å². The Morgan fingerprint density at radius 1 is 1.50 bits per heavy atom. The molecular formula is C14H20FNO2. The van der Waals surface area contributed by atoms with E-state index in [9.17, 15) is 9.18 Å². The first kappa shape index (κ1) is 14.6. The van der Waals surface area contributed by atoms with Crippen molar-refractivity contribution in [2.75, 3.05) is 13.7 Å². The highest BCUT2D eigenvalue weighted by Gasteiger charge is 2.39. The number of unbranched alkanes of at least 4 members (excludes halogenated alkanes) is 1. The fraction of sp³-hybridized carbons (Fsp3) is 0.500. The van der Waals surface area contributed by atoms with E-state index in [1.807, 2.05) is 6.92 Å². The van der Waals surface area contributed by atoms with E-state index in [0.29, 0.717) is 12.0 Å². The van der Waals surface area contributed by atoms with Gasteiger partial charge in [-0.3, -0.25) is 4.79 Å². The number of esters is 1. The molecule has 0 spiro atoms. The van der Waals surface area contributed by atoms with Crippen LogP contribution in [0.3, 0.4) is 0 Å². The summed E-state index contributed by atoms with van der Waals surface area (Å²) in [5, 5.41) is 0. The van der Waals surface area contributed by atoms with Crippen molar-refractivity contribution in [2.24, 2.45) is 5.73 Å². The number of carbonyl (C=O) groups excluding carboxylic acids is 1. The molecule has 0 aliphatic carbocycles. The number of benzene rings is 1. The van der Waals surface area contributed by atoms with Gasteiger partial charge in [0.25, 0.3) is 0 Å². The SMILES string of the molecule is CCCCC(CN)(C(=O)OC)c1cccc(F)c1. The second-order valence-corrected chi connectivity index (χ2v) is 4.39. The van der Waals surface area contributed by atoms with Gasteiger partial charge in [-0.05, 0) is 24.1 Å². The molecule has 0 aromatic heterocycles. The summed E-state index contributed by atoms with van der Waals surface area (Å²) in [5.41, 5.74) is 5.43. The Hall–Kier alpha value is -1.42. The third kappa shape index (κ3) is 2.88. The zero-order valence-electron chi connectivity index (χ0n) is 10.9. The third-order valence-electron chi connectivity index (χ3n) is 3.26. The minimum absolute atomic E-state index is 0.114. The highest BCUT2D eigenvalue weighted by Crippen LogP contribution is 2.31. The molecule has 4 heteroatoms. The lowest BCUT2D eigenvalue weighted by Crippen LogP contribution is -2.44. The van der Waals surface area contributed by atoms with E-state index in [-0.39, 0.29) is 12.4 Å².